The third kappa shape index (κ3) is 5.05. The molecule has 8 heteroatoms. The Bertz CT molecular complexity index is 1390. The Kier molecular flexibility index (Phi) is 6.63. The molecule has 8 nitrogen and oxygen atoms in total. The number of nitrogens with one attached hydrogen (secondary N) is 2. The highest BCUT2D eigenvalue weighted by molar-refractivity contribution is 5.94. The minimum absolute atomic E-state index is 0.106. The van der Waals surface area contributed by atoms with Gasteiger partial charge in [-0.3, -0.25) is 10.2 Å². The predicted molar refractivity (Wildman–Crippen MR) is 143 cm³/mol. The van der Waals surface area contributed by atoms with Crippen LogP contribution in [0.15, 0.2) is 54.6 Å². The van der Waals surface area contributed by atoms with Crippen molar-refractivity contribution in [2.75, 3.05) is 38.5 Å². The number of hydrazine groups is 1. The van der Waals surface area contributed by atoms with Gasteiger partial charge in [-0.15, -0.1) is 10.2 Å². The number of aryl methyl sites for hydroxylation is 3. The summed E-state index contributed by atoms with van der Waals surface area (Å²) in [6, 6.07) is 17.8. The number of rotatable bonds is 5. The van der Waals surface area contributed by atoms with Crippen LogP contribution in [0.25, 0.3) is 22.2 Å². The summed E-state index contributed by atoms with van der Waals surface area (Å²) in [5, 5.41) is 13.9. The predicted octanol–water partition coefficient (Wildman–Crippen LogP) is 4.25. The number of carbonyl (C=O) groups is 1. The van der Waals surface area contributed by atoms with E-state index < -0.39 is 0 Å². The first-order valence-corrected chi connectivity index (χ1v) is 12.2. The first kappa shape index (κ1) is 23.8. The molecule has 1 saturated heterocycles. The fourth-order valence-corrected chi connectivity index (χ4v) is 4.64. The average Bonchev–Trinajstić information content (AvgIpc) is 2.86. The molecular weight excluding hydrogens is 450 g/mol. The molecule has 1 aromatic heterocycles. The summed E-state index contributed by atoms with van der Waals surface area (Å²) in [5.74, 6) is 0.310. The highest BCUT2D eigenvalue weighted by Gasteiger charge is 2.17. The second-order valence-corrected chi connectivity index (χ2v) is 9.50. The molecule has 0 aliphatic carbocycles. The number of anilines is 2. The number of piperazine rings is 1. The summed E-state index contributed by atoms with van der Waals surface area (Å²) in [6.07, 6.45) is 0. The maximum Gasteiger partial charge on any atom is 0.265 e. The van der Waals surface area contributed by atoms with E-state index >= 15 is 0 Å². The van der Waals surface area contributed by atoms with Crippen molar-refractivity contribution in [3.63, 3.8) is 0 Å². The highest BCUT2D eigenvalue weighted by atomic mass is 16.2. The standard InChI is InChI=1S/C28H31N7O/c1-18-6-5-7-19(2)25(18)22-16-20(3)26-24(17-22)31-32-28(30-26)29-23-10-8-21(9-11-23)27(36)33-35-14-12-34(4)13-15-35/h5-11,16-17H,12-15H2,1-4H3,(H,33,36)(H,29,30,32). The van der Waals surface area contributed by atoms with Crippen LogP contribution >= 0.6 is 0 Å². The van der Waals surface area contributed by atoms with Gasteiger partial charge in [-0.2, -0.15) is 0 Å². The number of amides is 1. The molecular formula is C28H31N7O. The molecule has 2 heterocycles. The number of likely N-dealkylation sites (N-methyl/N-ethyl adjacent to an activating group) is 1. The lowest BCUT2D eigenvalue weighted by Gasteiger charge is -2.32. The fraction of sp³-hybridized carbons (Fsp3) is 0.286. The molecule has 2 N–H and O–H groups in total. The monoisotopic (exact) mass is 481 g/mol. The van der Waals surface area contributed by atoms with Crippen molar-refractivity contribution in [3.05, 3.63) is 76.9 Å². The van der Waals surface area contributed by atoms with Gasteiger partial charge in [-0.1, -0.05) is 18.2 Å². The highest BCUT2D eigenvalue weighted by Crippen LogP contribution is 2.31. The largest absolute Gasteiger partial charge is 0.323 e. The molecule has 3 aromatic carbocycles. The zero-order chi connectivity index (χ0) is 25.2. The first-order valence-electron chi connectivity index (χ1n) is 12.2. The van der Waals surface area contributed by atoms with Crippen LogP contribution in [0.4, 0.5) is 11.6 Å². The second-order valence-electron chi connectivity index (χ2n) is 9.50. The molecule has 1 amide bonds. The van der Waals surface area contributed by atoms with Crippen LogP contribution in [-0.4, -0.2) is 64.2 Å². The second kappa shape index (κ2) is 10.0. The maximum absolute atomic E-state index is 12.6. The van der Waals surface area contributed by atoms with Gasteiger partial charge in [0, 0.05) is 37.4 Å². The number of hydrogen-bond donors (Lipinski definition) is 2. The van der Waals surface area contributed by atoms with Crippen LogP contribution in [0.3, 0.4) is 0 Å². The number of carbonyl (C=O) groups excluding carboxylic acids is 1. The Morgan fingerprint density at radius 3 is 2.25 bits per heavy atom. The van der Waals surface area contributed by atoms with Crippen LogP contribution in [0, 0.1) is 20.8 Å². The Morgan fingerprint density at radius 1 is 0.861 bits per heavy atom. The van der Waals surface area contributed by atoms with E-state index in [1.165, 1.54) is 16.7 Å². The quantitative estimate of drug-likeness (QED) is 0.441. The third-order valence-electron chi connectivity index (χ3n) is 6.69. The van der Waals surface area contributed by atoms with Crippen LogP contribution in [-0.2, 0) is 0 Å². The van der Waals surface area contributed by atoms with Gasteiger partial charge in [-0.25, -0.2) is 9.99 Å². The van der Waals surface area contributed by atoms with E-state index in [0.717, 1.165) is 54.0 Å². The van der Waals surface area contributed by atoms with Crippen molar-refractivity contribution in [3.8, 4) is 11.1 Å². The SMILES string of the molecule is Cc1cccc(C)c1-c1cc(C)c2nc(Nc3ccc(C(=O)NN4CCN(C)CC4)cc3)nnc2c1. The van der Waals surface area contributed by atoms with Gasteiger partial charge in [-0.05, 0) is 92.0 Å². The molecule has 1 fully saturated rings. The number of benzene rings is 3. The molecule has 0 saturated carbocycles. The van der Waals surface area contributed by atoms with Gasteiger partial charge in [0.25, 0.3) is 5.91 Å². The number of fused-ring (bicyclic) bond motifs is 1. The Labute approximate surface area is 211 Å². The Hall–Kier alpha value is -3.88. The molecule has 0 radical (unpaired) electrons. The van der Waals surface area contributed by atoms with Crippen LogP contribution in [0.5, 0.6) is 0 Å². The normalized spacial score (nSPS) is 14.7. The number of hydrogen-bond acceptors (Lipinski definition) is 7. The van der Waals surface area contributed by atoms with E-state index in [0.29, 0.717) is 11.5 Å². The van der Waals surface area contributed by atoms with Crippen molar-refractivity contribution < 1.29 is 4.79 Å². The average molecular weight is 482 g/mol. The summed E-state index contributed by atoms with van der Waals surface area (Å²) >= 11 is 0. The lowest BCUT2D eigenvalue weighted by atomic mass is 9.94. The molecule has 36 heavy (non-hydrogen) atoms. The smallest absolute Gasteiger partial charge is 0.265 e. The topological polar surface area (TPSA) is 86.3 Å². The van der Waals surface area contributed by atoms with E-state index in [1.54, 1.807) is 12.1 Å². The number of aromatic nitrogens is 3. The van der Waals surface area contributed by atoms with Gasteiger partial charge >= 0.3 is 0 Å². The third-order valence-corrected chi connectivity index (χ3v) is 6.69. The Morgan fingerprint density at radius 2 is 1.56 bits per heavy atom. The van der Waals surface area contributed by atoms with Crippen molar-refractivity contribution in [2.45, 2.75) is 20.8 Å². The summed E-state index contributed by atoms with van der Waals surface area (Å²) in [5.41, 5.74) is 11.8. The zero-order valence-electron chi connectivity index (χ0n) is 21.2. The van der Waals surface area contributed by atoms with E-state index in [1.807, 2.05) is 24.1 Å². The van der Waals surface area contributed by atoms with Crippen LogP contribution in [0.2, 0.25) is 0 Å². The molecule has 1 aliphatic heterocycles. The van der Waals surface area contributed by atoms with E-state index in [4.69, 9.17) is 4.98 Å². The van der Waals surface area contributed by atoms with E-state index in [-0.39, 0.29) is 5.91 Å². The minimum atomic E-state index is -0.106. The summed E-state index contributed by atoms with van der Waals surface area (Å²) in [4.78, 5) is 19.6. The molecule has 5 rings (SSSR count). The van der Waals surface area contributed by atoms with Gasteiger partial charge < -0.3 is 10.2 Å². The molecule has 0 atom stereocenters. The van der Waals surface area contributed by atoms with Gasteiger partial charge in [0.1, 0.15) is 5.52 Å². The van der Waals surface area contributed by atoms with Gasteiger partial charge in [0.05, 0.1) is 5.52 Å². The van der Waals surface area contributed by atoms with E-state index in [9.17, 15) is 4.79 Å². The molecule has 184 valence electrons. The van der Waals surface area contributed by atoms with Crippen LogP contribution < -0.4 is 10.7 Å². The van der Waals surface area contributed by atoms with E-state index in [2.05, 4.69) is 77.1 Å². The van der Waals surface area contributed by atoms with Crippen LogP contribution in [0.1, 0.15) is 27.0 Å². The summed E-state index contributed by atoms with van der Waals surface area (Å²) in [7, 11) is 2.09. The minimum Gasteiger partial charge on any atom is -0.323 e. The lowest BCUT2D eigenvalue weighted by molar-refractivity contribution is 0.0662. The first-order chi connectivity index (χ1) is 17.4. The Balaban J connectivity index is 1.31. The van der Waals surface area contributed by atoms with Crippen molar-refractivity contribution in [1.82, 2.24) is 30.5 Å². The summed E-state index contributed by atoms with van der Waals surface area (Å²) < 4.78 is 0. The van der Waals surface area contributed by atoms with Crippen molar-refractivity contribution in [2.24, 2.45) is 0 Å². The lowest BCUT2D eigenvalue weighted by Crippen LogP contribution is -2.52. The summed E-state index contributed by atoms with van der Waals surface area (Å²) in [6.45, 7) is 9.82. The van der Waals surface area contributed by atoms with Gasteiger partial charge in [0.15, 0.2) is 0 Å². The molecule has 0 bridgehead atoms. The van der Waals surface area contributed by atoms with Gasteiger partial charge in [0.2, 0.25) is 5.95 Å². The number of nitrogens with zero attached hydrogens (tertiary/aromatic N) is 5. The maximum atomic E-state index is 12.6. The fourth-order valence-electron chi connectivity index (χ4n) is 4.64. The molecule has 0 unspecified atom stereocenters. The molecule has 0 spiro atoms. The van der Waals surface area contributed by atoms with Crippen molar-refractivity contribution in [1.29, 1.82) is 0 Å². The zero-order valence-corrected chi connectivity index (χ0v) is 21.2. The molecule has 1 aliphatic rings. The van der Waals surface area contributed by atoms with Crippen molar-refractivity contribution >= 4 is 28.6 Å². The molecule has 4 aromatic rings.